The highest BCUT2D eigenvalue weighted by molar-refractivity contribution is 6.04. The van der Waals surface area contributed by atoms with Gasteiger partial charge >= 0.3 is 0 Å². The number of nitrogens with one attached hydrogen (secondary N) is 1. The van der Waals surface area contributed by atoms with Crippen LogP contribution in [0.4, 0.5) is 10.1 Å². The molecule has 2 rings (SSSR count). The van der Waals surface area contributed by atoms with E-state index in [1.807, 2.05) is 6.92 Å². The number of carbonyl (C=O) groups is 1. The lowest BCUT2D eigenvalue weighted by Gasteiger charge is -2.13. The third-order valence-electron chi connectivity index (χ3n) is 3.41. The van der Waals surface area contributed by atoms with Crippen molar-refractivity contribution in [3.63, 3.8) is 0 Å². The molecule has 0 bridgehead atoms. The molecule has 1 N–H and O–H groups in total. The second-order valence-electron chi connectivity index (χ2n) is 6.13. The van der Waals surface area contributed by atoms with Crippen molar-refractivity contribution in [1.29, 1.82) is 0 Å². The molecule has 0 saturated carbocycles. The van der Waals surface area contributed by atoms with Crippen molar-refractivity contribution in [2.75, 3.05) is 18.5 Å². The number of carbonyl (C=O) groups excluding carboxylic acids is 1. The predicted octanol–water partition coefficient (Wildman–Crippen LogP) is 4.65. The highest BCUT2D eigenvalue weighted by Crippen LogP contribution is 2.22. The molecular weight excluding hydrogens is 321 g/mol. The fourth-order valence-electron chi connectivity index (χ4n) is 2.30. The van der Waals surface area contributed by atoms with Gasteiger partial charge in [0.2, 0.25) is 0 Å². The average molecular weight is 345 g/mol. The first-order valence-electron chi connectivity index (χ1n) is 8.40. The van der Waals surface area contributed by atoms with Crippen molar-refractivity contribution in [1.82, 2.24) is 0 Å². The summed E-state index contributed by atoms with van der Waals surface area (Å²) in [5.41, 5.74) is 1.70. The molecule has 0 saturated heterocycles. The van der Waals surface area contributed by atoms with Gasteiger partial charge < -0.3 is 14.8 Å². The quantitative estimate of drug-likeness (QED) is 0.757. The molecule has 0 aromatic heterocycles. The van der Waals surface area contributed by atoms with Crippen LogP contribution >= 0.6 is 0 Å². The van der Waals surface area contributed by atoms with Crippen LogP contribution in [0, 0.1) is 11.7 Å². The lowest BCUT2D eigenvalue weighted by atomic mass is 10.1. The van der Waals surface area contributed by atoms with Crippen molar-refractivity contribution >= 4 is 11.6 Å². The highest BCUT2D eigenvalue weighted by Gasteiger charge is 2.12. The van der Waals surface area contributed by atoms with Gasteiger partial charge in [0.25, 0.3) is 5.91 Å². The molecule has 5 heteroatoms. The molecule has 2 aromatic rings. The van der Waals surface area contributed by atoms with Crippen LogP contribution in [0.5, 0.6) is 5.75 Å². The zero-order valence-electron chi connectivity index (χ0n) is 14.8. The fraction of sp³-hybridized carbons (Fsp3) is 0.350. The molecule has 0 spiro atoms. The molecular formula is C20H24FNO3. The zero-order chi connectivity index (χ0) is 18.2. The summed E-state index contributed by atoms with van der Waals surface area (Å²) >= 11 is 0. The van der Waals surface area contributed by atoms with E-state index in [2.05, 4.69) is 19.2 Å². The lowest BCUT2D eigenvalue weighted by Crippen LogP contribution is -2.13. The van der Waals surface area contributed by atoms with Gasteiger partial charge in [-0.25, -0.2) is 4.39 Å². The number of hydrogen-bond donors (Lipinski definition) is 1. The summed E-state index contributed by atoms with van der Waals surface area (Å²) in [6, 6.07) is 11.0. The largest absolute Gasteiger partial charge is 0.494 e. The molecule has 0 unspecified atom stereocenters. The molecule has 1 amide bonds. The van der Waals surface area contributed by atoms with Gasteiger partial charge in [0.1, 0.15) is 11.6 Å². The maximum atomic E-state index is 13.2. The van der Waals surface area contributed by atoms with E-state index in [1.54, 1.807) is 30.3 Å². The Morgan fingerprint density at radius 1 is 1.20 bits per heavy atom. The van der Waals surface area contributed by atoms with E-state index in [4.69, 9.17) is 9.47 Å². The van der Waals surface area contributed by atoms with E-state index in [0.29, 0.717) is 42.7 Å². The average Bonchev–Trinajstić information content (AvgIpc) is 2.56. The van der Waals surface area contributed by atoms with Gasteiger partial charge in [-0.05, 0) is 49.2 Å². The van der Waals surface area contributed by atoms with E-state index < -0.39 is 5.82 Å². The number of benzene rings is 2. The second kappa shape index (κ2) is 9.18. The van der Waals surface area contributed by atoms with Gasteiger partial charge in [0.05, 0.1) is 13.2 Å². The van der Waals surface area contributed by atoms with E-state index >= 15 is 0 Å². The van der Waals surface area contributed by atoms with Gasteiger partial charge in [-0.2, -0.15) is 0 Å². The summed E-state index contributed by atoms with van der Waals surface area (Å²) in [4.78, 5) is 12.4. The first-order valence-corrected chi connectivity index (χ1v) is 8.40. The van der Waals surface area contributed by atoms with Gasteiger partial charge in [0, 0.05) is 23.4 Å². The fourth-order valence-corrected chi connectivity index (χ4v) is 2.30. The zero-order valence-corrected chi connectivity index (χ0v) is 14.8. The first kappa shape index (κ1) is 18.9. The van der Waals surface area contributed by atoms with Crippen LogP contribution < -0.4 is 10.1 Å². The number of anilines is 1. The standard InChI is InChI=1S/C20H24FNO3/c1-4-25-19-9-8-15(10-16(19)13-24-12-14(2)3)20(23)22-18-7-5-6-17(21)11-18/h5-11,14H,4,12-13H2,1-3H3,(H,22,23). The van der Waals surface area contributed by atoms with Crippen LogP contribution in [0.1, 0.15) is 36.7 Å². The molecule has 0 aliphatic carbocycles. The Balaban J connectivity index is 2.15. The van der Waals surface area contributed by atoms with Gasteiger partial charge in [-0.3, -0.25) is 4.79 Å². The van der Waals surface area contributed by atoms with E-state index in [-0.39, 0.29) is 5.91 Å². The second-order valence-corrected chi connectivity index (χ2v) is 6.13. The summed E-state index contributed by atoms with van der Waals surface area (Å²) in [5, 5.41) is 2.69. The van der Waals surface area contributed by atoms with Crippen LogP contribution in [0.15, 0.2) is 42.5 Å². The van der Waals surface area contributed by atoms with Crippen LogP contribution in [-0.4, -0.2) is 19.1 Å². The Bertz CT molecular complexity index is 716. The van der Waals surface area contributed by atoms with Crippen molar-refractivity contribution in [3.8, 4) is 5.75 Å². The van der Waals surface area contributed by atoms with Gasteiger partial charge in [-0.15, -0.1) is 0 Å². The van der Waals surface area contributed by atoms with Gasteiger partial charge in [-0.1, -0.05) is 19.9 Å². The minimum absolute atomic E-state index is 0.307. The van der Waals surface area contributed by atoms with E-state index in [0.717, 1.165) is 5.56 Å². The Morgan fingerprint density at radius 2 is 2.00 bits per heavy atom. The van der Waals surface area contributed by atoms with Crippen molar-refractivity contribution in [2.45, 2.75) is 27.4 Å². The summed E-state index contributed by atoms with van der Waals surface area (Å²) in [5.74, 6) is 0.426. The maximum Gasteiger partial charge on any atom is 0.255 e. The first-order chi connectivity index (χ1) is 12.0. The number of rotatable bonds is 8. The molecule has 0 aliphatic rings. The molecule has 25 heavy (non-hydrogen) atoms. The minimum atomic E-state index is -0.396. The smallest absolute Gasteiger partial charge is 0.255 e. The maximum absolute atomic E-state index is 13.2. The number of amides is 1. The summed E-state index contributed by atoms with van der Waals surface area (Å²) in [6.07, 6.45) is 0. The molecule has 0 aliphatic heterocycles. The molecule has 4 nitrogen and oxygen atoms in total. The third-order valence-corrected chi connectivity index (χ3v) is 3.41. The molecule has 0 atom stereocenters. The predicted molar refractivity (Wildman–Crippen MR) is 96.5 cm³/mol. The van der Waals surface area contributed by atoms with E-state index in [1.165, 1.54) is 12.1 Å². The van der Waals surface area contributed by atoms with Crippen LogP contribution in [0.2, 0.25) is 0 Å². The van der Waals surface area contributed by atoms with Crippen molar-refractivity contribution in [3.05, 3.63) is 59.4 Å². The number of halogens is 1. The minimum Gasteiger partial charge on any atom is -0.494 e. The van der Waals surface area contributed by atoms with Crippen LogP contribution in [-0.2, 0) is 11.3 Å². The Hall–Kier alpha value is -2.40. The van der Waals surface area contributed by atoms with Crippen molar-refractivity contribution < 1.29 is 18.7 Å². The SMILES string of the molecule is CCOc1ccc(C(=O)Nc2cccc(F)c2)cc1COCC(C)C. The molecule has 0 heterocycles. The monoisotopic (exact) mass is 345 g/mol. The van der Waals surface area contributed by atoms with Crippen molar-refractivity contribution in [2.24, 2.45) is 5.92 Å². The summed E-state index contributed by atoms with van der Waals surface area (Å²) in [7, 11) is 0. The Morgan fingerprint density at radius 3 is 2.68 bits per heavy atom. The molecule has 0 radical (unpaired) electrons. The van der Waals surface area contributed by atoms with Crippen LogP contribution in [0.3, 0.4) is 0 Å². The van der Waals surface area contributed by atoms with Crippen LogP contribution in [0.25, 0.3) is 0 Å². The summed E-state index contributed by atoms with van der Waals surface area (Å²) in [6.45, 7) is 7.59. The molecule has 0 fully saturated rings. The van der Waals surface area contributed by atoms with Gasteiger partial charge in [0.15, 0.2) is 0 Å². The van der Waals surface area contributed by atoms with E-state index in [9.17, 15) is 9.18 Å². The Labute approximate surface area is 148 Å². The Kier molecular flexibility index (Phi) is 6.95. The normalized spacial score (nSPS) is 10.8. The number of hydrogen-bond acceptors (Lipinski definition) is 3. The highest BCUT2D eigenvalue weighted by atomic mass is 19.1. The third kappa shape index (κ3) is 5.87. The molecule has 2 aromatic carbocycles. The number of ether oxygens (including phenoxy) is 2. The summed E-state index contributed by atoms with van der Waals surface area (Å²) < 4.78 is 24.5. The molecule has 134 valence electrons. The topological polar surface area (TPSA) is 47.6 Å². The lowest BCUT2D eigenvalue weighted by molar-refractivity contribution is 0.0948.